The number of carbonyl (C=O) groups excluding carboxylic acids is 1. The molecule has 2 aromatic carbocycles. The van der Waals surface area contributed by atoms with Crippen LogP contribution in [0.4, 0.5) is 5.69 Å². The Labute approximate surface area is 130 Å². The molecule has 0 amide bonds. The summed E-state index contributed by atoms with van der Waals surface area (Å²) in [6, 6.07) is 12.0. The van der Waals surface area contributed by atoms with Gasteiger partial charge in [-0.1, -0.05) is 30.3 Å². The van der Waals surface area contributed by atoms with Gasteiger partial charge in [-0.2, -0.15) is 0 Å². The first-order valence-corrected chi connectivity index (χ1v) is 6.78. The number of esters is 1. The fourth-order valence-electron chi connectivity index (χ4n) is 2.28. The Kier molecular flexibility index (Phi) is 3.76. The lowest BCUT2D eigenvalue weighted by Crippen LogP contribution is -2.02. The number of rotatable bonds is 4. The van der Waals surface area contributed by atoms with E-state index in [1.165, 1.54) is 13.2 Å². The van der Waals surface area contributed by atoms with Crippen molar-refractivity contribution in [3.8, 4) is 0 Å². The lowest BCUT2D eigenvalue weighted by atomic mass is 10.1. The first-order valence-electron chi connectivity index (χ1n) is 6.78. The van der Waals surface area contributed by atoms with E-state index in [9.17, 15) is 14.9 Å². The lowest BCUT2D eigenvalue weighted by molar-refractivity contribution is -0.383. The van der Waals surface area contributed by atoms with Gasteiger partial charge in [0, 0.05) is 12.5 Å². The third-order valence-electron chi connectivity index (χ3n) is 3.33. The average Bonchev–Trinajstić information content (AvgIpc) is 2.96. The van der Waals surface area contributed by atoms with E-state index in [0.717, 1.165) is 11.6 Å². The molecule has 0 spiro atoms. The minimum atomic E-state index is -0.664. The van der Waals surface area contributed by atoms with Crippen LogP contribution in [0, 0.1) is 10.1 Å². The number of carbonyl (C=O) groups is 1. The Bertz CT molecular complexity index is 886. The molecule has 3 aromatic rings. The van der Waals surface area contributed by atoms with Crippen LogP contribution in [0.1, 0.15) is 21.8 Å². The molecule has 0 aliphatic carbocycles. The maximum Gasteiger partial charge on any atom is 0.338 e. The average molecular weight is 312 g/mol. The maximum atomic E-state index is 11.6. The van der Waals surface area contributed by atoms with E-state index < -0.39 is 10.9 Å². The normalized spacial score (nSPS) is 10.7. The van der Waals surface area contributed by atoms with Gasteiger partial charge < -0.3 is 9.15 Å². The highest BCUT2D eigenvalue weighted by Gasteiger charge is 2.22. The van der Waals surface area contributed by atoms with Crippen molar-refractivity contribution in [3.05, 3.63) is 69.6 Å². The van der Waals surface area contributed by atoms with E-state index in [4.69, 9.17) is 4.42 Å². The number of nitro benzene ring substituents is 1. The number of methoxy groups -OCH3 is 1. The highest BCUT2D eigenvalue weighted by Crippen LogP contribution is 2.29. The molecule has 0 saturated heterocycles. The van der Waals surface area contributed by atoms with Gasteiger partial charge in [0.1, 0.15) is 5.52 Å². The molecule has 0 fully saturated rings. The van der Waals surface area contributed by atoms with Crippen LogP contribution in [0.15, 0.2) is 46.9 Å². The molecule has 0 unspecified atom stereocenters. The van der Waals surface area contributed by atoms with Crippen molar-refractivity contribution in [2.24, 2.45) is 0 Å². The van der Waals surface area contributed by atoms with Crippen molar-refractivity contribution in [3.63, 3.8) is 0 Å². The summed E-state index contributed by atoms with van der Waals surface area (Å²) < 4.78 is 10.1. The van der Waals surface area contributed by atoms with E-state index in [0.29, 0.717) is 12.3 Å². The molecule has 0 aliphatic heterocycles. The maximum absolute atomic E-state index is 11.6. The van der Waals surface area contributed by atoms with Gasteiger partial charge in [-0.3, -0.25) is 10.1 Å². The smallest absolute Gasteiger partial charge is 0.338 e. The Morgan fingerprint density at radius 3 is 2.70 bits per heavy atom. The second-order valence-corrected chi connectivity index (χ2v) is 4.86. The van der Waals surface area contributed by atoms with Crippen molar-refractivity contribution >= 4 is 22.8 Å². The third-order valence-corrected chi connectivity index (χ3v) is 3.33. The van der Waals surface area contributed by atoms with Crippen LogP contribution in [0.25, 0.3) is 11.1 Å². The Balaban J connectivity index is 2.08. The standard InChI is InChI=1S/C16H12N2O5/c1-22-16(19)11-8-12-15(13(9-11)18(20)21)23-14(17-12)7-10-5-3-2-4-6-10/h2-6,8-9H,7H2,1H3. The molecule has 23 heavy (non-hydrogen) atoms. The second kappa shape index (κ2) is 5.88. The summed E-state index contributed by atoms with van der Waals surface area (Å²) in [5, 5.41) is 11.2. The van der Waals surface area contributed by atoms with Crippen molar-refractivity contribution in [1.29, 1.82) is 0 Å². The van der Waals surface area contributed by atoms with E-state index >= 15 is 0 Å². The molecule has 7 nitrogen and oxygen atoms in total. The number of hydrogen-bond donors (Lipinski definition) is 0. The van der Waals surface area contributed by atoms with Gasteiger partial charge in [0.25, 0.3) is 0 Å². The van der Waals surface area contributed by atoms with Crippen molar-refractivity contribution in [2.45, 2.75) is 6.42 Å². The van der Waals surface area contributed by atoms with Gasteiger partial charge in [-0.05, 0) is 11.6 Å². The molecular weight excluding hydrogens is 300 g/mol. The summed E-state index contributed by atoms with van der Waals surface area (Å²) in [6.07, 6.45) is 0.403. The van der Waals surface area contributed by atoms with E-state index in [1.807, 2.05) is 30.3 Å². The topological polar surface area (TPSA) is 95.5 Å². The van der Waals surface area contributed by atoms with Gasteiger partial charge in [-0.15, -0.1) is 0 Å². The number of nitro groups is 1. The van der Waals surface area contributed by atoms with Crippen LogP contribution < -0.4 is 0 Å². The SMILES string of the molecule is COC(=O)c1cc([N+](=O)[O-])c2oc(Cc3ccccc3)nc2c1. The molecule has 0 saturated carbocycles. The predicted molar refractivity (Wildman–Crippen MR) is 81.3 cm³/mol. The van der Waals surface area contributed by atoms with Gasteiger partial charge in [0.15, 0.2) is 5.89 Å². The zero-order chi connectivity index (χ0) is 16.4. The number of oxazole rings is 1. The predicted octanol–water partition coefficient (Wildman–Crippen LogP) is 3.11. The number of ether oxygens (including phenoxy) is 1. The molecule has 1 aromatic heterocycles. The van der Waals surface area contributed by atoms with Crippen molar-refractivity contribution < 1.29 is 18.9 Å². The summed E-state index contributed by atoms with van der Waals surface area (Å²) in [6.45, 7) is 0. The summed E-state index contributed by atoms with van der Waals surface area (Å²) in [4.78, 5) is 26.5. The van der Waals surface area contributed by atoms with Crippen LogP contribution in [0.3, 0.4) is 0 Å². The Morgan fingerprint density at radius 1 is 1.30 bits per heavy atom. The minimum Gasteiger partial charge on any atom is -0.465 e. The van der Waals surface area contributed by atoms with Crippen molar-refractivity contribution in [2.75, 3.05) is 7.11 Å². The Morgan fingerprint density at radius 2 is 2.04 bits per heavy atom. The number of fused-ring (bicyclic) bond motifs is 1. The molecular formula is C16H12N2O5. The number of benzene rings is 2. The monoisotopic (exact) mass is 312 g/mol. The molecule has 0 N–H and O–H groups in total. The van der Waals surface area contributed by atoms with Crippen molar-refractivity contribution in [1.82, 2.24) is 4.98 Å². The van der Waals surface area contributed by atoms with Crippen LogP contribution in [-0.2, 0) is 11.2 Å². The van der Waals surface area contributed by atoms with Gasteiger partial charge >= 0.3 is 11.7 Å². The summed E-state index contributed by atoms with van der Waals surface area (Å²) in [5.74, 6) is -0.320. The summed E-state index contributed by atoms with van der Waals surface area (Å²) in [7, 11) is 1.21. The fraction of sp³-hybridized carbons (Fsp3) is 0.125. The largest absolute Gasteiger partial charge is 0.465 e. The van der Waals surface area contributed by atoms with E-state index in [-0.39, 0.29) is 22.4 Å². The van der Waals surface area contributed by atoms with Gasteiger partial charge in [-0.25, -0.2) is 9.78 Å². The molecule has 0 radical (unpaired) electrons. The zero-order valence-electron chi connectivity index (χ0n) is 12.2. The highest BCUT2D eigenvalue weighted by molar-refractivity contribution is 5.96. The summed E-state index contributed by atoms with van der Waals surface area (Å²) in [5.41, 5.74) is 1.02. The quantitative estimate of drug-likeness (QED) is 0.417. The first kappa shape index (κ1) is 14.7. The summed E-state index contributed by atoms with van der Waals surface area (Å²) >= 11 is 0. The first-order chi connectivity index (χ1) is 11.1. The zero-order valence-corrected chi connectivity index (χ0v) is 12.2. The fourth-order valence-corrected chi connectivity index (χ4v) is 2.28. The molecule has 7 heteroatoms. The molecule has 116 valence electrons. The number of non-ortho nitro benzene ring substituents is 1. The Hall–Kier alpha value is -3.22. The highest BCUT2D eigenvalue weighted by atomic mass is 16.6. The van der Waals surface area contributed by atoms with Crippen LogP contribution in [0.5, 0.6) is 0 Å². The third kappa shape index (κ3) is 2.89. The van der Waals surface area contributed by atoms with Gasteiger partial charge in [0.05, 0.1) is 17.6 Å². The number of nitrogens with zero attached hydrogens (tertiary/aromatic N) is 2. The number of hydrogen-bond acceptors (Lipinski definition) is 6. The minimum absolute atomic E-state index is 0.0496. The van der Waals surface area contributed by atoms with E-state index in [2.05, 4.69) is 9.72 Å². The van der Waals surface area contributed by atoms with Gasteiger partial charge in [0.2, 0.25) is 5.58 Å². The molecule has 1 heterocycles. The van der Waals surface area contributed by atoms with E-state index in [1.54, 1.807) is 0 Å². The molecule has 0 aliphatic rings. The van der Waals surface area contributed by atoms with Crippen LogP contribution in [-0.4, -0.2) is 23.0 Å². The number of aromatic nitrogens is 1. The molecule has 0 atom stereocenters. The van der Waals surface area contributed by atoms with Crippen LogP contribution >= 0.6 is 0 Å². The molecule has 3 rings (SSSR count). The van der Waals surface area contributed by atoms with Crippen LogP contribution in [0.2, 0.25) is 0 Å². The lowest BCUT2D eigenvalue weighted by Gasteiger charge is -1.98. The molecule has 0 bridgehead atoms. The second-order valence-electron chi connectivity index (χ2n) is 4.86.